The number of benzene rings is 2. The molecule has 28 heavy (non-hydrogen) atoms. The minimum atomic E-state index is -1.60. The smallest absolute Gasteiger partial charge is 0.258 e. The van der Waals surface area contributed by atoms with Crippen LogP contribution in [0, 0.1) is 17.5 Å². The van der Waals surface area contributed by atoms with Crippen molar-refractivity contribution >= 4 is 23.2 Å². The van der Waals surface area contributed by atoms with Gasteiger partial charge in [0.2, 0.25) is 17.6 Å². The zero-order valence-corrected chi connectivity index (χ0v) is 14.6. The second kappa shape index (κ2) is 7.51. The lowest BCUT2D eigenvalue weighted by atomic mass is 10.1. The molecule has 0 saturated carbocycles. The fourth-order valence-corrected chi connectivity index (χ4v) is 2.44. The summed E-state index contributed by atoms with van der Waals surface area (Å²) in [5.74, 6) is -5.26. The SMILES string of the molecule is CC(=O)Nc1cc(NC(C)=O)cc(-c2nc(-c3cc(F)c(F)c(F)c3)no2)c1. The van der Waals surface area contributed by atoms with Gasteiger partial charge in [0.15, 0.2) is 17.5 Å². The van der Waals surface area contributed by atoms with E-state index in [4.69, 9.17) is 4.52 Å². The summed E-state index contributed by atoms with van der Waals surface area (Å²) in [4.78, 5) is 26.7. The molecule has 1 heterocycles. The van der Waals surface area contributed by atoms with Crippen LogP contribution in [0.15, 0.2) is 34.9 Å². The molecule has 0 atom stereocenters. The third-order valence-electron chi connectivity index (χ3n) is 3.49. The first-order chi connectivity index (χ1) is 13.2. The summed E-state index contributed by atoms with van der Waals surface area (Å²) >= 11 is 0. The third-order valence-corrected chi connectivity index (χ3v) is 3.49. The Morgan fingerprint density at radius 3 is 1.89 bits per heavy atom. The van der Waals surface area contributed by atoms with E-state index in [2.05, 4.69) is 20.8 Å². The molecule has 0 radical (unpaired) electrons. The summed E-state index contributed by atoms with van der Waals surface area (Å²) in [6.07, 6.45) is 0. The van der Waals surface area contributed by atoms with Crippen LogP contribution < -0.4 is 10.6 Å². The van der Waals surface area contributed by atoms with Gasteiger partial charge >= 0.3 is 0 Å². The summed E-state index contributed by atoms with van der Waals surface area (Å²) in [6, 6.07) is 6.02. The van der Waals surface area contributed by atoms with Crippen molar-refractivity contribution in [2.45, 2.75) is 13.8 Å². The number of carbonyl (C=O) groups is 2. The lowest BCUT2D eigenvalue weighted by molar-refractivity contribution is -0.115. The molecule has 0 saturated heterocycles. The van der Waals surface area contributed by atoms with Crippen molar-refractivity contribution in [2.24, 2.45) is 0 Å². The van der Waals surface area contributed by atoms with Crippen LogP contribution in [0.1, 0.15) is 13.8 Å². The first-order valence-corrected chi connectivity index (χ1v) is 7.92. The van der Waals surface area contributed by atoms with Gasteiger partial charge < -0.3 is 15.2 Å². The van der Waals surface area contributed by atoms with Crippen LogP contribution in [0.4, 0.5) is 24.5 Å². The Labute approximate surface area is 156 Å². The van der Waals surface area contributed by atoms with E-state index in [0.29, 0.717) is 16.9 Å². The number of nitrogens with one attached hydrogen (secondary N) is 2. The maximum atomic E-state index is 13.4. The van der Waals surface area contributed by atoms with Gasteiger partial charge in [-0.25, -0.2) is 13.2 Å². The van der Waals surface area contributed by atoms with Crippen LogP contribution in [0.2, 0.25) is 0 Å². The Balaban J connectivity index is 2.02. The quantitative estimate of drug-likeness (QED) is 0.662. The average molecular weight is 390 g/mol. The lowest BCUT2D eigenvalue weighted by Gasteiger charge is -2.08. The van der Waals surface area contributed by atoms with Crippen molar-refractivity contribution in [3.05, 3.63) is 47.8 Å². The largest absolute Gasteiger partial charge is 0.334 e. The van der Waals surface area contributed by atoms with E-state index < -0.39 is 17.5 Å². The van der Waals surface area contributed by atoms with E-state index in [-0.39, 0.29) is 29.1 Å². The van der Waals surface area contributed by atoms with Crippen LogP contribution in [-0.2, 0) is 9.59 Å². The van der Waals surface area contributed by atoms with Crippen LogP contribution in [-0.4, -0.2) is 22.0 Å². The fraction of sp³-hybridized carbons (Fsp3) is 0.111. The minimum Gasteiger partial charge on any atom is -0.334 e. The van der Waals surface area contributed by atoms with Gasteiger partial charge in [-0.05, 0) is 30.3 Å². The summed E-state index contributed by atoms with van der Waals surface area (Å²) in [6.45, 7) is 2.63. The molecule has 0 aliphatic heterocycles. The molecule has 2 aromatic carbocycles. The van der Waals surface area contributed by atoms with Gasteiger partial charge in [-0.3, -0.25) is 9.59 Å². The van der Waals surface area contributed by atoms with Crippen molar-refractivity contribution in [1.82, 2.24) is 10.1 Å². The fourth-order valence-electron chi connectivity index (χ4n) is 2.44. The molecule has 10 heteroatoms. The summed E-state index contributed by atoms with van der Waals surface area (Å²) < 4.78 is 45.1. The van der Waals surface area contributed by atoms with E-state index in [1.54, 1.807) is 0 Å². The van der Waals surface area contributed by atoms with E-state index in [9.17, 15) is 22.8 Å². The highest BCUT2D eigenvalue weighted by Crippen LogP contribution is 2.29. The van der Waals surface area contributed by atoms with Crippen LogP contribution in [0.5, 0.6) is 0 Å². The van der Waals surface area contributed by atoms with Gasteiger partial charge in [-0.1, -0.05) is 5.16 Å². The zero-order valence-electron chi connectivity index (χ0n) is 14.6. The van der Waals surface area contributed by atoms with E-state index in [0.717, 1.165) is 12.1 Å². The Morgan fingerprint density at radius 2 is 1.39 bits per heavy atom. The van der Waals surface area contributed by atoms with Crippen LogP contribution in [0.25, 0.3) is 22.8 Å². The molecule has 2 N–H and O–H groups in total. The van der Waals surface area contributed by atoms with E-state index in [1.807, 2.05) is 0 Å². The van der Waals surface area contributed by atoms with Crippen LogP contribution >= 0.6 is 0 Å². The Kier molecular flexibility index (Phi) is 5.12. The predicted octanol–water partition coefficient (Wildman–Crippen LogP) is 3.74. The average Bonchev–Trinajstić information content (AvgIpc) is 3.08. The molecular formula is C18H13F3N4O3. The first-order valence-electron chi connectivity index (χ1n) is 7.92. The highest BCUT2D eigenvalue weighted by molar-refractivity contribution is 5.93. The molecule has 0 aliphatic rings. The standard InChI is InChI=1S/C18H13F3N4O3/c1-8(26)22-12-3-11(4-13(7-12)23-9(2)27)18-24-17(25-28-18)10-5-14(19)16(21)15(20)6-10/h3-7H,1-2H3,(H,22,26)(H,23,27). The number of carbonyl (C=O) groups excluding carboxylic acids is 2. The number of hydrogen-bond acceptors (Lipinski definition) is 5. The number of nitrogens with zero attached hydrogens (tertiary/aromatic N) is 2. The molecule has 0 fully saturated rings. The molecule has 0 spiro atoms. The van der Waals surface area contributed by atoms with Gasteiger partial charge in [-0.15, -0.1) is 0 Å². The molecule has 7 nitrogen and oxygen atoms in total. The predicted molar refractivity (Wildman–Crippen MR) is 93.7 cm³/mol. The molecule has 0 aliphatic carbocycles. The number of anilines is 2. The van der Waals surface area contributed by atoms with Gasteiger partial charge in [0.1, 0.15) is 0 Å². The number of rotatable bonds is 4. The lowest BCUT2D eigenvalue weighted by Crippen LogP contribution is -2.09. The van der Waals surface area contributed by atoms with Crippen molar-refractivity contribution < 1.29 is 27.3 Å². The first kappa shape index (κ1) is 19.1. The molecule has 2 amide bonds. The second-order valence-corrected chi connectivity index (χ2v) is 5.84. The monoisotopic (exact) mass is 390 g/mol. The molecule has 144 valence electrons. The Hall–Kier alpha value is -3.69. The Morgan fingerprint density at radius 1 is 0.857 bits per heavy atom. The normalized spacial score (nSPS) is 10.6. The molecule has 0 bridgehead atoms. The summed E-state index contributed by atoms with van der Waals surface area (Å²) in [7, 11) is 0. The Bertz CT molecular complexity index is 1020. The molecule has 3 aromatic rings. The molecule has 0 unspecified atom stereocenters. The van der Waals surface area contributed by atoms with Gasteiger partial charge in [-0.2, -0.15) is 4.98 Å². The van der Waals surface area contributed by atoms with Crippen molar-refractivity contribution in [1.29, 1.82) is 0 Å². The van der Waals surface area contributed by atoms with Gasteiger partial charge in [0.05, 0.1) is 0 Å². The molecule has 1 aromatic heterocycles. The van der Waals surface area contributed by atoms with Gasteiger partial charge in [0.25, 0.3) is 5.89 Å². The van der Waals surface area contributed by atoms with Crippen LogP contribution in [0.3, 0.4) is 0 Å². The highest BCUT2D eigenvalue weighted by Gasteiger charge is 2.17. The minimum absolute atomic E-state index is 0.0426. The molecule has 3 rings (SSSR count). The van der Waals surface area contributed by atoms with Crippen molar-refractivity contribution in [2.75, 3.05) is 10.6 Å². The number of hydrogen-bond donors (Lipinski definition) is 2. The van der Waals surface area contributed by atoms with E-state index in [1.165, 1.54) is 32.0 Å². The van der Waals surface area contributed by atoms with Crippen molar-refractivity contribution in [3.8, 4) is 22.8 Å². The van der Waals surface area contributed by atoms with Gasteiger partial charge in [0, 0.05) is 36.3 Å². The van der Waals surface area contributed by atoms with Crippen molar-refractivity contribution in [3.63, 3.8) is 0 Å². The summed E-state index contributed by atoms with van der Waals surface area (Å²) in [5, 5.41) is 8.77. The third kappa shape index (κ3) is 4.17. The number of aromatic nitrogens is 2. The maximum absolute atomic E-state index is 13.4. The number of amides is 2. The highest BCUT2D eigenvalue weighted by atomic mass is 19.2. The maximum Gasteiger partial charge on any atom is 0.258 e. The summed E-state index contributed by atoms with van der Waals surface area (Å²) in [5.41, 5.74) is 0.919. The van der Waals surface area contributed by atoms with E-state index >= 15 is 0 Å². The second-order valence-electron chi connectivity index (χ2n) is 5.84. The number of halogens is 3. The topological polar surface area (TPSA) is 97.1 Å². The molecular weight excluding hydrogens is 377 g/mol. The zero-order chi connectivity index (χ0) is 20.4.